The van der Waals surface area contributed by atoms with Crippen LogP contribution in [-0.2, 0) is 11.2 Å². The number of amides is 1. The van der Waals surface area contributed by atoms with E-state index >= 15 is 0 Å². The molecule has 0 saturated heterocycles. The maximum atomic E-state index is 12.5. The number of nitrogens with one attached hydrogen (secondary N) is 1. The maximum Gasteiger partial charge on any atom is 0.269 e. The zero-order valence-electron chi connectivity index (χ0n) is 16.9. The van der Waals surface area contributed by atoms with Gasteiger partial charge in [-0.05, 0) is 30.0 Å². The lowest BCUT2D eigenvalue weighted by molar-refractivity contribution is -0.384. The summed E-state index contributed by atoms with van der Waals surface area (Å²) in [4.78, 5) is 27.3. The van der Waals surface area contributed by atoms with Crippen molar-refractivity contribution in [3.05, 3.63) is 76.2 Å². The van der Waals surface area contributed by atoms with Gasteiger partial charge in [0.05, 0.1) is 4.92 Å². The van der Waals surface area contributed by atoms with Gasteiger partial charge in [-0.1, -0.05) is 55.8 Å². The molecule has 0 spiro atoms. The smallest absolute Gasteiger partial charge is 0.269 e. The maximum absolute atomic E-state index is 12.5. The third-order valence-electron chi connectivity index (χ3n) is 5.06. The first-order valence-electron chi connectivity index (χ1n) is 9.89. The minimum Gasteiger partial charge on any atom is -0.344 e. The Kier molecular flexibility index (Phi) is 6.90. The molecule has 2 aromatic carbocycles. The predicted octanol–water partition coefficient (Wildman–Crippen LogP) is 4.48. The van der Waals surface area contributed by atoms with Gasteiger partial charge < -0.3 is 9.84 Å². The van der Waals surface area contributed by atoms with Gasteiger partial charge in [-0.15, -0.1) is 0 Å². The highest BCUT2D eigenvalue weighted by Crippen LogP contribution is 2.26. The van der Waals surface area contributed by atoms with Crippen LogP contribution in [-0.4, -0.2) is 21.0 Å². The summed E-state index contributed by atoms with van der Waals surface area (Å²) in [6.45, 7) is 4.04. The summed E-state index contributed by atoms with van der Waals surface area (Å²) in [5.41, 5.74) is 1.70. The van der Waals surface area contributed by atoms with E-state index in [1.165, 1.54) is 12.1 Å². The Morgan fingerprint density at radius 1 is 1.17 bits per heavy atom. The molecule has 3 aromatic rings. The van der Waals surface area contributed by atoms with Crippen LogP contribution in [0.25, 0.3) is 11.4 Å². The number of rotatable bonds is 9. The Bertz CT molecular complexity index is 986. The van der Waals surface area contributed by atoms with Gasteiger partial charge in [0.25, 0.3) is 5.69 Å². The first-order chi connectivity index (χ1) is 14.5. The minimum atomic E-state index is -0.463. The standard InChI is InChI=1S/C22H24N4O4/c1-3-15(2)20(23-19(27)14-9-16-7-5-4-6-8-16)22-24-21(25-30-22)17-10-12-18(13-11-17)26(28)29/h4-8,10-13,15,20H,3,9,14H2,1-2H3,(H,23,27)/t15-,20+/m1/s1. The number of aryl methyl sites for hydroxylation is 1. The number of carbonyl (C=O) groups is 1. The number of nitrogens with zero attached hydrogens (tertiary/aromatic N) is 3. The molecular weight excluding hydrogens is 384 g/mol. The zero-order valence-corrected chi connectivity index (χ0v) is 16.9. The van der Waals surface area contributed by atoms with E-state index in [1.54, 1.807) is 12.1 Å². The van der Waals surface area contributed by atoms with Crippen molar-refractivity contribution >= 4 is 11.6 Å². The van der Waals surface area contributed by atoms with Gasteiger partial charge in [-0.2, -0.15) is 4.98 Å². The molecule has 0 aliphatic heterocycles. The Labute approximate surface area is 174 Å². The molecule has 8 nitrogen and oxygen atoms in total. The number of nitro benzene ring substituents is 1. The molecule has 2 atom stereocenters. The number of carbonyl (C=O) groups excluding carboxylic acids is 1. The van der Waals surface area contributed by atoms with Crippen LogP contribution in [0.5, 0.6) is 0 Å². The second-order valence-corrected chi connectivity index (χ2v) is 7.18. The van der Waals surface area contributed by atoms with Crippen LogP contribution < -0.4 is 5.32 Å². The quantitative estimate of drug-likeness (QED) is 0.413. The summed E-state index contributed by atoms with van der Waals surface area (Å²) in [7, 11) is 0. The highest BCUT2D eigenvalue weighted by atomic mass is 16.6. The van der Waals surface area contributed by atoms with Crippen molar-refractivity contribution in [3.63, 3.8) is 0 Å². The fourth-order valence-corrected chi connectivity index (χ4v) is 3.04. The Hall–Kier alpha value is -3.55. The lowest BCUT2D eigenvalue weighted by atomic mass is 9.98. The van der Waals surface area contributed by atoms with Crippen molar-refractivity contribution in [1.29, 1.82) is 0 Å². The van der Waals surface area contributed by atoms with E-state index < -0.39 is 11.0 Å². The number of aromatic nitrogens is 2. The average molecular weight is 408 g/mol. The average Bonchev–Trinajstić information content (AvgIpc) is 3.26. The highest BCUT2D eigenvalue weighted by molar-refractivity contribution is 5.76. The van der Waals surface area contributed by atoms with Gasteiger partial charge in [-0.25, -0.2) is 0 Å². The van der Waals surface area contributed by atoms with E-state index in [2.05, 4.69) is 15.5 Å². The number of hydrogen-bond acceptors (Lipinski definition) is 6. The Morgan fingerprint density at radius 2 is 1.87 bits per heavy atom. The summed E-state index contributed by atoms with van der Waals surface area (Å²) >= 11 is 0. The first-order valence-corrected chi connectivity index (χ1v) is 9.89. The van der Waals surface area contributed by atoms with Crippen LogP contribution in [0.3, 0.4) is 0 Å². The van der Waals surface area contributed by atoms with Crippen LogP contribution >= 0.6 is 0 Å². The summed E-state index contributed by atoms with van der Waals surface area (Å²) in [6, 6.07) is 15.4. The molecule has 0 bridgehead atoms. The molecule has 1 N–H and O–H groups in total. The first kappa shape index (κ1) is 21.2. The van der Waals surface area contributed by atoms with E-state index in [0.29, 0.717) is 30.1 Å². The third kappa shape index (κ3) is 5.28. The second kappa shape index (κ2) is 9.78. The molecule has 8 heteroatoms. The summed E-state index contributed by atoms with van der Waals surface area (Å²) in [5.74, 6) is 0.660. The van der Waals surface area contributed by atoms with Crippen LogP contribution in [0.2, 0.25) is 0 Å². The SMILES string of the molecule is CC[C@@H](C)[C@H](NC(=O)CCc1ccccc1)c1nc(-c2ccc([N+](=O)[O-])cc2)no1. The van der Waals surface area contributed by atoms with E-state index in [9.17, 15) is 14.9 Å². The molecular formula is C22H24N4O4. The summed E-state index contributed by atoms with van der Waals surface area (Å²) in [5, 5.41) is 17.8. The van der Waals surface area contributed by atoms with Gasteiger partial charge >= 0.3 is 0 Å². The van der Waals surface area contributed by atoms with Crippen molar-refractivity contribution in [3.8, 4) is 11.4 Å². The molecule has 156 valence electrons. The van der Waals surface area contributed by atoms with Crippen LogP contribution in [0.15, 0.2) is 59.1 Å². The highest BCUT2D eigenvalue weighted by Gasteiger charge is 2.26. The van der Waals surface area contributed by atoms with Crippen molar-refractivity contribution in [2.24, 2.45) is 5.92 Å². The molecule has 0 saturated carbocycles. The van der Waals surface area contributed by atoms with Crippen LogP contribution in [0, 0.1) is 16.0 Å². The Balaban J connectivity index is 1.71. The Morgan fingerprint density at radius 3 is 2.50 bits per heavy atom. The lowest BCUT2D eigenvalue weighted by Crippen LogP contribution is -2.32. The molecule has 3 rings (SSSR count). The van der Waals surface area contributed by atoms with Gasteiger partial charge in [0.15, 0.2) is 0 Å². The van der Waals surface area contributed by atoms with Crippen molar-refractivity contribution in [2.75, 3.05) is 0 Å². The fraction of sp³-hybridized carbons (Fsp3) is 0.318. The second-order valence-electron chi connectivity index (χ2n) is 7.18. The zero-order chi connectivity index (χ0) is 21.5. The van der Waals surface area contributed by atoms with Crippen LogP contribution in [0.1, 0.15) is 44.2 Å². The predicted molar refractivity (Wildman–Crippen MR) is 111 cm³/mol. The van der Waals surface area contributed by atoms with E-state index in [1.807, 2.05) is 44.2 Å². The van der Waals surface area contributed by atoms with Crippen LogP contribution in [0.4, 0.5) is 5.69 Å². The minimum absolute atomic E-state index is 0.00868. The molecule has 0 fully saturated rings. The van der Waals surface area contributed by atoms with Gasteiger partial charge in [0.1, 0.15) is 6.04 Å². The van der Waals surface area contributed by atoms with Crippen molar-refractivity contribution in [2.45, 2.75) is 39.2 Å². The van der Waals surface area contributed by atoms with Crippen molar-refractivity contribution in [1.82, 2.24) is 15.5 Å². The van der Waals surface area contributed by atoms with E-state index in [0.717, 1.165) is 12.0 Å². The molecule has 30 heavy (non-hydrogen) atoms. The number of nitro groups is 1. The van der Waals surface area contributed by atoms with Crippen molar-refractivity contribution < 1.29 is 14.2 Å². The third-order valence-corrected chi connectivity index (χ3v) is 5.06. The molecule has 1 heterocycles. The molecule has 0 aliphatic rings. The molecule has 1 aromatic heterocycles. The monoisotopic (exact) mass is 408 g/mol. The lowest BCUT2D eigenvalue weighted by Gasteiger charge is -2.20. The molecule has 0 aliphatic carbocycles. The van der Waals surface area contributed by atoms with E-state index in [-0.39, 0.29) is 17.5 Å². The largest absolute Gasteiger partial charge is 0.344 e. The molecule has 0 radical (unpaired) electrons. The summed E-state index contributed by atoms with van der Waals surface area (Å²) in [6.07, 6.45) is 1.83. The normalized spacial score (nSPS) is 12.9. The van der Waals surface area contributed by atoms with E-state index in [4.69, 9.17) is 4.52 Å². The van der Waals surface area contributed by atoms with Gasteiger partial charge in [-0.3, -0.25) is 14.9 Å². The molecule has 0 unspecified atom stereocenters. The number of hydrogen-bond donors (Lipinski definition) is 1. The topological polar surface area (TPSA) is 111 Å². The summed E-state index contributed by atoms with van der Waals surface area (Å²) < 4.78 is 5.44. The van der Waals surface area contributed by atoms with Gasteiger partial charge in [0, 0.05) is 24.1 Å². The molecule has 1 amide bonds. The fourth-order valence-electron chi connectivity index (χ4n) is 3.04. The van der Waals surface area contributed by atoms with Gasteiger partial charge in [0.2, 0.25) is 17.6 Å². The number of benzene rings is 2. The number of non-ortho nitro benzene ring substituents is 1.